The minimum Gasteiger partial charge on any atom is -0.542 e. The molecule has 3 unspecified atom stereocenters. The normalized spacial score (nSPS) is 20.8. The Morgan fingerprint density at radius 2 is 1.20 bits per heavy atom. The molecule has 3 saturated heterocycles. The average molecular weight is 768 g/mol. The third kappa shape index (κ3) is 10.1. The fraction of sp³-hybridized carbons (Fsp3) is 0.476. The minimum atomic E-state index is -5.19. The summed E-state index contributed by atoms with van der Waals surface area (Å²) in [5, 5.41) is 8.78. The molecule has 3 fully saturated rings. The highest BCUT2D eigenvalue weighted by atomic mass is 19.4. The number of esters is 3. The number of hydrogen-bond donors (Lipinski definition) is 0. The van der Waals surface area contributed by atoms with Crippen molar-refractivity contribution in [2.75, 3.05) is 13.1 Å². The van der Waals surface area contributed by atoms with Crippen LogP contribution in [-0.2, 0) is 43.7 Å². The molecule has 2 bridgehead atoms. The number of rotatable bonds is 11. The molecule has 3 atom stereocenters. The van der Waals surface area contributed by atoms with Crippen LogP contribution in [0.2, 0.25) is 0 Å². The van der Waals surface area contributed by atoms with Crippen LogP contribution in [0.15, 0.2) is 91.0 Å². The number of aliphatic carboxylic acids is 1. The van der Waals surface area contributed by atoms with Crippen molar-refractivity contribution in [3.8, 4) is 0 Å². The first-order valence-corrected chi connectivity index (χ1v) is 18.6. The molecule has 0 aliphatic carbocycles. The Hall–Kier alpha value is -4.75. The number of nitrogens with zero attached hydrogens (tertiary/aromatic N) is 1. The van der Waals surface area contributed by atoms with Gasteiger partial charge in [0.05, 0.1) is 38.0 Å². The summed E-state index contributed by atoms with van der Waals surface area (Å²) in [6.45, 7) is 7.79. The number of carboxylic acid groups (broad SMARTS) is 1. The van der Waals surface area contributed by atoms with E-state index in [-0.39, 0.29) is 18.9 Å². The number of benzene rings is 3. The van der Waals surface area contributed by atoms with E-state index in [2.05, 4.69) is 0 Å². The minimum absolute atomic E-state index is 0.147. The Balaban J connectivity index is 0.000000757. The molecular weight excluding hydrogens is 719 g/mol. The van der Waals surface area contributed by atoms with Crippen LogP contribution < -0.4 is 5.11 Å². The molecule has 0 saturated carbocycles. The maximum Gasteiger partial charge on any atom is 0.430 e. The SMILES string of the molecule is CC(C)(C)OC(=O)CCC(=O)OC(OC(C(=O)OC1CC2CCC(C1)[N+]21CCCC1)(c1ccccc1)c1ccccc1)c1ccccc1.O=C([O-])C(F)(F)F. The monoisotopic (exact) mass is 767 g/mol. The van der Waals surface area contributed by atoms with E-state index < -0.39 is 47.5 Å². The first-order chi connectivity index (χ1) is 26.0. The predicted molar refractivity (Wildman–Crippen MR) is 191 cm³/mol. The van der Waals surface area contributed by atoms with Gasteiger partial charge in [0.25, 0.3) is 0 Å². The van der Waals surface area contributed by atoms with E-state index in [1.807, 2.05) is 78.9 Å². The standard InChI is InChI=1S/C40H48NO7.C2HF3O2/c1-39(2,3)47-36(43)24-23-35(42)46-37(29-15-7-4-8-16-29)48-40(30-17-9-5-10-18-30,31-19-11-6-12-20-31)38(44)45-34-27-32-21-22-33(28-34)41(32)25-13-14-26-41;3-2(4,5)1(6)7/h4-12,15-20,32-34,37H,13-14,21-28H2,1-3H3;(H,6,7)/q+1;/p-1. The number of piperidine rings is 1. The van der Waals surface area contributed by atoms with Gasteiger partial charge in [-0.1, -0.05) is 91.0 Å². The van der Waals surface area contributed by atoms with Crippen LogP contribution in [0.1, 0.15) is 95.1 Å². The molecule has 0 amide bonds. The number of alkyl halides is 3. The number of halogens is 3. The lowest BCUT2D eigenvalue weighted by atomic mass is 9.85. The molecule has 3 aromatic rings. The highest BCUT2D eigenvalue weighted by Gasteiger charge is 2.57. The van der Waals surface area contributed by atoms with Crippen molar-refractivity contribution >= 4 is 23.9 Å². The van der Waals surface area contributed by atoms with E-state index in [0.717, 1.165) is 12.8 Å². The molecule has 10 nitrogen and oxygen atoms in total. The zero-order valence-corrected chi connectivity index (χ0v) is 31.3. The summed E-state index contributed by atoms with van der Waals surface area (Å²) in [4.78, 5) is 49.4. The molecule has 13 heteroatoms. The van der Waals surface area contributed by atoms with Crippen molar-refractivity contribution in [2.24, 2.45) is 0 Å². The number of carbonyl (C=O) groups excluding carboxylic acids is 4. The van der Waals surface area contributed by atoms with E-state index in [4.69, 9.17) is 28.8 Å². The average Bonchev–Trinajstić information content (AvgIpc) is 3.69. The zero-order chi connectivity index (χ0) is 39.9. The van der Waals surface area contributed by atoms with Gasteiger partial charge in [0.1, 0.15) is 17.7 Å². The van der Waals surface area contributed by atoms with Crippen LogP contribution in [0.5, 0.6) is 0 Å². The summed E-state index contributed by atoms with van der Waals surface area (Å²) in [6.07, 6.45) is -0.505. The van der Waals surface area contributed by atoms with Gasteiger partial charge in [0, 0.05) is 44.1 Å². The summed E-state index contributed by atoms with van der Waals surface area (Å²) >= 11 is 0. The van der Waals surface area contributed by atoms with E-state index in [0.29, 0.717) is 28.8 Å². The largest absolute Gasteiger partial charge is 0.542 e. The number of ether oxygens (including phenoxy) is 4. The fourth-order valence-corrected chi connectivity index (χ4v) is 8.18. The summed E-state index contributed by atoms with van der Waals surface area (Å²) < 4.78 is 57.5. The number of hydrogen-bond acceptors (Lipinski definition) is 9. The highest BCUT2D eigenvalue weighted by Crippen LogP contribution is 2.47. The Bertz CT molecular complexity index is 1700. The highest BCUT2D eigenvalue weighted by molar-refractivity contribution is 5.86. The summed E-state index contributed by atoms with van der Waals surface area (Å²) in [5.41, 5.74) is -0.757. The number of quaternary nitrogens is 1. The van der Waals surface area contributed by atoms with Crippen molar-refractivity contribution in [3.05, 3.63) is 108 Å². The van der Waals surface area contributed by atoms with Crippen LogP contribution in [0, 0.1) is 0 Å². The molecule has 6 rings (SSSR count). The smallest absolute Gasteiger partial charge is 0.430 e. The molecule has 1 spiro atoms. The molecule has 0 aromatic heterocycles. The van der Waals surface area contributed by atoms with E-state index in [1.165, 1.54) is 43.3 Å². The van der Waals surface area contributed by atoms with Gasteiger partial charge in [-0.15, -0.1) is 0 Å². The first-order valence-electron chi connectivity index (χ1n) is 18.6. The van der Waals surface area contributed by atoms with Gasteiger partial charge in [-0.25, -0.2) is 4.79 Å². The second-order valence-electron chi connectivity index (χ2n) is 15.3. The van der Waals surface area contributed by atoms with E-state index in [9.17, 15) is 27.6 Å². The van der Waals surface area contributed by atoms with Gasteiger partial charge < -0.3 is 33.3 Å². The fourth-order valence-electron chi connectivity index (χ4n) is 8.18. The quantitative estimate of drug-likeness (QED) is 0.0936. The molecule has 3 aliphatic heterocycles. The summed E-state index contributed by atoms with van der Waals surface area (Å²) in [7, 11) is 0. The lowest BCUT2D eigenvalue weighted by Crippen LogP contribution is -2.60. The first kappa shape index (κ1) is 41.4. The van der Waals surface area contributed by atoms with Crippen molar-refractivity contribution < 1.29 is 60.9 Å². The van der Waals surface area contributed by atoms with Crippen LogP contribution in [0.3, 0.4) is 0 Å². The van der Waals surface area contributed by atoms with Crippen molar-refractivity contribution in [1.82, 2.24) is 0 Å². The third-order valence-corrected chi connectivity index (χ3v) is 10.5. The van der Waals surface area contributed by atoms with Gasteiger partial charge in [0.2, 0.25) is 11.9 Å². The lowest BCUT2D eigenvalue weighted by Gasteiger charge is -2.47. The molecule has 296 valence electrons. The van der Waals surface area contributed by atoms with Gasteiger partial charge in [-0.2, -0.15) is 13.2 Å². The topological polar surface area (TPSA) is 128 Å². The second-order valence-corrected chi connectivity index (χ2v) is 15.3. The molecule has 3 aromatic carbocycles. The van der Waals surface area contributed by atoms with Crippen molar-refractivity contribution in [1.29, 1.82) is 0 Å². The molecular formula is C42H48F3NO9. The van der Waals surface area contributed by atoms with E-state index >= 15 is 0 Å². The summed E-state index contributed by atoms with van der Waals surface area (Å²) in [5.74, 6) is -4.69. The Kier molecular flexibility index (Phi) is 13.1. The predicted octanol–water partition coefficient (Wildman–Crippen LogP) is 6.46. The molecule has 55 heavy (non-hydrogen) atoms. The Labute approximate surface area is 319 Å². The van der Waals surface area contributed by atoms with Gasteiger partial charge in [-0.05, 0) is 31.9 Å². The third-order valence-electron chi connectivity index (χ3n) is 10.5. The lowest BCUT2D eigenvalue weighted by molar-refractivity contribution is -0.956. The summed E-state index contributed by atoms with van der Waals surface area (Å²) in [6, 6.07) is 28.7. The molecule has 0 N–H and O–H groups in total. The van der Waals surface area contributed by atoms with Gasteiger partial charge in [0.15, 0.2) is 0 Å². The van der Waals surface area contributed by atoms with Crippen LogP contribution in [0.25, 0.3) is 0 Å². The van der Waals surface area contributed by atoms with Crippen molar-refractivity contribution in [2.45, 2.75) is 114 Å². The number of carboxylic acids is 1. The maximum absolute atomic E-state index is 14.9. The van der Waals surface area contributed by atoms with Crippen molar-refractivity contribution in [3.63, 3.8) is 0 Å². The Morgan fingerprint density at radius 3 is 1.65 bits per heavy atom. The van der Waals surface area contributed by atoms with E-state index in [1.54, 1.807) is 32.9 Å². The van der Waals surface area contributed by atoms with Crippen LogP contribution in [-0.4, -0.2) is 71.4 Å². The van der Waals surface area contributed by atoms with Gasteiger partial charge in [-0.3, -0.25) is 9.59 Å². The maximum atomic E-state index is 14.9. The molecule has 0 radical (unpaired) electrons. The van der Waals surface area contributed by atoms with Crippen LogP contribution >= 0.6 is 0 Å². The number of carbonyl (C=O) groups is 4. The Morgan fingerprint density at radius 1 is 0.745 bits per heavy atom. The zero-order valence-electron chi connectivity index (χ0n) is 31.3. The van der Waals surface area contributed by atoms with Crippen LogP contribution in [0.4, 0.5) is 13.2 Å². The van der Waals surface area contributed by atoms with Gasteiger partial charge >= 0.3 is 24.1 Å². The molecule has 3 heterocycles. The molecule has 3 aliphatic rings. The second kappa shape index (κ2) is 17.4.